The van der Waals surface area contributed by atoms with E-state index in [0.717, 1.165) is 6.42 Å². The first-order valence-electron chi connectivity index (χ1n) is 4.69. The van der Waals surface area contributed by atoms with Crippen molar-refractivity contribution < 1.29 is 4.79 Å². The lowest BCUT2D eigenvalue weighted by atomic mass is 9.95. The standard InChI is InChI=1S/C11H14ClNO/c1-2-8(7-13)11(14)9-4-3-5-10(12)6-9/h3-6,8H,2,7,13H2,1H3. The molecule has 76 valence electrons. The number of hydrogen-bond acceptors (Lipinski definition) is 2. The fraction of sp³-hybridized carbons (Fsp3) is 0.364. The average molecular weight is 212 g/mol. The molecule has 0 fully saturated rings. The number of ketones is 1. The average Bonchev–Trinajstić information content (AvgIpc) is 2.19. The van der Waals surface area contributed by atoms with Gasteiger partial charge in [-0.2, -0.15) is 0 Å². The van der Waals surface area contributed by atoms with Gasteiger partial charge in [0.1, 0.15) is 0 Å². The Hall–Kier alpha value is -0.860. The number of Topliss-reactive ketones (excluding diaryl/α,β-unsaturated/α-hetero) is 1. The van der Waals surface area contributed by atoms with Crippen molar-refractivity contribution in [3.8, 4) is 0 Å². The maximum atomic E-state index is 11.8. The first kappa shape index (κ1) is 11.2. The van der Waals surface area contributed by atoms with Crippen molar-refractivity contribution in [3.63, 3.8) is 0 Å². The minimum Gasteiger partial charge on any atom is -0.330 e. The summed E-state index contributed by atoms with van der Waals surface area (Å²) in [7, 11) is 0. The number of nitrogens with two attached hydrogens (primary N) is 1. The van der Waals surface area contributed by atoms with Crippen LogP contribution in [0.15, 0.2) is 24.3 Å². The molecular weight excluding hydrogens is 198 g/mol. The quantitative estimate of drug-likeness (QED) is 0.778. The van der Waals surface area contributed by atoms with E-state index < -0.39 is 0 Å². The van der Waals surface area contributed by atoms with E-state index in [9.17, 15) is 4.79 Å². The zero-order valence-corrected chi connectivity index (χ0v) is 8.92. The first-order valence-corrected chi connectivity index (χ1v) is 5.06. The highest BCUT2D eigenvalue weighted by molar-refractivity contribution is 6.31. The largest absolute Gasteiger partial charge is 0.330 e. The van der Waals surface area contributed by atoms with Crippen molar-refractivity contribution >= 4 is 17.4 Å². The molecule has 14 heavy (non-hydrogen) atoms. The second-order valence-corrected chi connectivity index (χ2v) is 3.65. The zero-order valence-electron chi connectivity index (χ0n) is 8.16. The van der Waals surface area contributed by atoms with Crippen LogP contribution in [-0.4, -0.2) is 12.3 Å². The summed E-state index contributed by atoms with van der Waals surface area (Å²) < 4.78 is 0. The topological polar surface area (TPSA) is 43.1 Å². The molecule has 1 atom stereocenters. The summed E-state index contributed by atoms with van der Waals surface area (Å²) in [5.41, 5.74) is 6.15. The number of carbonyl (C=O) groups is 1. The van der Waals surface area contributed by atoms with Crippen molar-refractivity contribution in [1.82, 2.24) is 0 Å². The summed E-state index contributed by atoms with van der Waals surface area (Å²) in [6.45, 7) is 2.35. The van der Waals surface area contributed by atoms with Crippen LogP contribution in [0.3, 0.4) is 0 Å². The molecule has 0 aliphatic heterocycles. The van der Waals surface area contributed by atoms with E-state index in [1.165, 1.54) is 0 Å². The molecule has 2 N–H and O–H groups in total. The van der Waals surface area contributed by atoms with Crippen LogP contribution in [-0.2, 0) is 0 Å². The maximum Gasteiger partial charge on any atom is 0.167 e. The Bertz CT molecular complexity index is 321. The summed E-state index contributed by atoms with van der Waals surface area (Å²) in [5, 5.41) is 0.586. The highest BCUT2D eigenvalue weighted by Crippen LogP contribution is 2.15. The van der Waals surface area contributed by atoms with E-state index in [0.29, 0.717) is 17.1 Å². The molecule has 0 bridgehead atoms. The van der Waals surface area contributed by atoms with Crippen molar-refractivity contribution in [2.24, 2.45) is 11.7 Å². The molecule has 0 radical (unpaired) electrons. The van der Waals surface area contributed by atoms with E-state index in [4.69, 9.17) is 17.3 Å². The van der Waals surface area contributed by atoms with Crippen molar-refractivity contribution in [2.75, 3.05) is 6.54 Å². The molecule has 1 aromatic rings. The van der Waals surface area contributed by atoms with Gasteiger partial charge in [-0.05, 0) is 18.6 Å². The molecule has 0 aliphatic rings. The normalized spacial score (nSPS) is 12.5. The van der Waals surface area contributed by atoms with E-state index in [1.54, 1.807) is 24.3 Å². The Morgan fingerprint density at radius 3 is 2.79 bits per heavy atom. The van der Waals surface area contributed by atoms with Crippen molar-refractivity contribution in [2.45, 2.75) is 13.3 Å². The van der Waals surface area contributed by atoms with Gasteiger partial charge in [0.25, 0.3) is 0 Å². The third kappa shape index (κ3) is 2.56. The van der Waals surface area contributed by atoms with Crippen LogP contribution < -0.4 is 5.73 Å². The molecule has 0 amide bonds. The van der Waals surface area contributed by atoms with Crippen molar-refractivity contribution in [1.29, 1.82) is 0 Å². The summed E-state index contributed by atoms with van der Waals surface area (Å²) >= 11 is 5.80. The number of hydrogen-bond donors (Lipinski definition) is 1. The van der Waals surface area contributed by atoms with E-state index in [-0.39, 0.29) is 11.7 Å². The third-order valence-corrected chi connectivity index (χ3v) is 2.49. The molecule has 0 saturated heterocycles. The Balaban J connectivity index is 2.88. The molecule has 0 saturated carbocycles. The summed E-state index contributed by atoms with van der Waals surface area (Å²) in [6.07, 6.45) is 0.766. The molecule has 0 aliphatic carbocycles. The Morgan fingerprint density at radius 1 is 1.57 bits per heavy atom. The van der Waals surface area contributed by atoms with Gasteiger partial charge >= 0.3 is 0 Å². The lowest BCUT2D eigenvalue weighted by Crippen LogP contribution is -2.22. The van der Waals surface area contributed by atoms with Gasteiger partial charge < -0.3 is 5.73 Å². The molecule has 3 heteroatoms. The van der Waals surface area contributed by atoms with Gasteiger partial charge in [0.05, 0.1) is 0 Å². The van der Waals surface area contributed by atoms with Crippen LogP contribution in [0.2, 0.25) is 5.02 Å². The second-order valence-electron chi connectivity index (χ2n) is 3.22. The van der Waals surface area contributed by atoms with Crippen molar-refractivity contribution in [3.05, 3.63) is 34.9 Å². The van der Waals surface area contributed by atoms with Gasteiger partial charge in [0.2, 0.25) is 0 Å². The molecule has 0 spiro atoms. The third-order valence-electron chi connectivity index (χ3n) is 2.26. The molecular formula is C11H14ClNO. The molecule has 1 unspecified atom stereocenters. The van der Waals surface area contributed by atoms with Crippen LogP contribution >= 0.6 is 11.6 Å². The molecule has 0 aromatic heterocycles. The van der Waals surface area contributed by atoms with E-state index in [2.05, 4.69) is 0 Å². The molecule has 0 heterocycles. The predicted molar refractivity (Wildman–Crippen MR) is 58.6 cm³/mol. The van der Waals surface area contributed by atoms with Crippen LogP contribution in [0.4, 0.5) is 0 Å². The van der Waals surface area contributed by atoms with Crippen LogP contribution in [0.25, 0.3) is 0 Å². The zero-order chi connectivity index (χ0) is 10.6. The van der Waals surface area contributed by atoms with Gasteiger partial charge in [-0.25, -0.2) is 0 Å². The number of benzene rings is 1. The smallest absolute Gasteiger partial charge is 0.167 e. The van der Waals surface area contributed by atoms with Crippen LogP contribution in [0.5, 0.6) is 0 Å². The van der Waals surface area contributed by atoms with Crippen LogP contribution in [0, 0.1) is 5.92 Å². The Kier molecular flexibility index (Phi) is 4.11. The summed E-state index contributed by atoms with van der Waals surface area (Å²) in [4.78, 5) is 11.8. The van der Waals surface area contributed by atoms with Gasteiger partial charge in [0.15, 0.2) is 5.78 Å². The minimum absolute atomic E-state index is 0.0810. The SMILES string of the molecule is CCC(CN)C(=O)c1cccc(Cl)c1. The molecule has 1 rings (SSSR count). The van der Waals surface area contributed by atoms with Gasteiger partial charge in [-0.1, -0.05) is 30.7 Å². The number of carbonyl (C=O) groups excluding carboxylic acids is 1. The highest BCUT2D eigenvalue weighted by Gasteiger charge is 2.16. The second kappa shape index (κ2) is 5.13. The number of halogens is 1. The summed E-state index contributed by atoms with van der Waals surface area (Å²) in [6, 6.07) is 6.98. The van der Waals surface area contributed by atoms with Gasteiger partial charge in [0, 0.05) is 23.0 Å². The maximum absolute atomic E-state index is 11.8. The van der Waals surface area contributed by atoms with Gasteiger partial charge in [-0.3, -0.25) is 4.79 Å². The Morgan fingerprint density at radius 2 is 2.29 bits per heavy atom. The van der Waals surface area contributed by atoms with Crippen LogP contribution in [0.1, 0.15) is 23.7 Å². The minimum atomic E-state index is -0.0894. The fourth-order valence-corrected chi connectivity index (χ4v) is 1.53. The van der Waals surface area contributed by atoms with E-state index in [1.807, 2.05) is 6.92 Å². The lowest BCUT2D eigenvalue weighted by Gasteiger charge is -2.10. The Labute approximate surface area is 89.1 Å². The van der Waals surface area contributed by atoms with E-state index >= 15 is 0 Å². The lowest BCUT2D eigenvalue weighted by molar-refractivity contribution is 0.0921. The first-order chi connectivity index (χ1) is 6.69. The summed E-state index contributed by atoms with van der Waals surface area (Å²) in [5.74, 6) is -0.00836. The predicted octanol–water partition coefficient (Wildman–Crippen LogP) is 2.51. The molecule has 1 aromatic carbocycles. The van der Waals surface area contributed by atoms with Gasteiger partial charge in [-0.15, -0.1) is 0 Å². The highest BCUT2D eigenvalue weighted by atomic mass is 35.5. The monoisotopic (exact) mass is 211 g/mol. The number of rotatable bonds is 4. The molecule has 2 nitrogen and oxygen atoms in total. The fourth-order valence-electron chi connectivity index (χ4n) is 1.34.